The number of halogens is 1. The highest BCUT2D eigenvalue weighted by Crippen LogP contribution is 2.36. The van der Waals surface area contributed by atoms with E-state index in [0.717, 1.165) is 10.5 Å². The van der Waals surface area contributed by atoms with Crippen molar-refractivity contribution in [2.75, 3.05) is 11.4 Å². The molecule has 0 spiro atoms. The number of hydrogen-bond acceptors (Lipinski definition) is 9. The van der Waals surface area contributed by atoms with Gasteiger partial charge in [-0.25, -0.2) is 9.91 Å². The summed E-state index contributed by atoms with van der Waals surface area (Å²) in [5.74, 6) is -1.55. The molecule has 200 valence electrons. The Hall–Kier alpha value is -4.97. The number of hydrogen-bond donors (Lipinski definition) is 0. The van der Waals surface area contributed by atoms with E-state index < -0.39 is 40.8 Å². The molecule has 3 atom stereocenters. The minimum absolute atomic E-state index is 0.0676. The van der Waals surface area contributed by atoms with Gasteiger partial charge in [-0.2, -0.15) is 10.2 Å². The highest BCUT2D eigenvalue weighted by atomic mass is 35.5. The van der Waals surface area contributed by atoms with Gasteiger partial charge in [0.1, 0.15) is 6.54 Å². The Morgan fingerprint density at radius 1 is 0.975 bits per heavy atom. The summed E-state index contributed by atoms with van der Waals surface area (Å²) in [6.07, 6.45) is 0.378. The van der Waals surface area contributed by atoms with Crippen LogP contribution < -0.4 is 4.90 Å². The van der Waals surface area contributed by atoms with Gasteiger partial charge in [0.05, 0.1) is 22.4 Å². The zero-order valence-electron chi connectivity index (χ0n) is 20.7. The molecule has 3 aromatic carbocycles. The van der Waals surface area contributed by atoms with Gasteiger partial charge in [-0.3, -0.25) is 29.5 Å². The fourth-order valence-corrected chi connectivity index (χ4v) is 5.16. The monoisotopic (exact) mass is 557 g/mol. The lowest BCUT2D eigenvalue weighted by molar-refractivity contribution is -0.384. The van der Waals surface area contributed by atoms with Gasteiger partial charge in [0.25, 0.3) is 23.4 Å². The number of carbonyl (C=O) groups is 3. The van der Waals surface area contributed by atoms with E-state index in [4.69, 9.17) is 11.6 Å². The quantitative estimate of drug-likeness (QED) is 0.255. The van der Waals surface area contributed by atoms with Gasteiger partial charge in [-0.15, -0.1) is 0 Å². The van der Waals surface area contributed by atoms with Gasteiger partial charge in [0.15, 0.2) is 12.1 Å². The van der Waals surface area contributed by atoms with Gasteiger partial charge in [0.2, 0.25) is 0 Å². The first-order valence-electron chi connectivity index (χ1n) is 12.3. The third kappa shape index (κ3) is 4.37. The van der Waals surface area contributed by atoms with Crippen LogP contribution >= 0.6 is 11.6 Å². The molecule has 0 aromatic heterocycles. The number of anilines is 1. The Balaban J connectivity index is 1.26. The van der Waals surface area contributed by atoms with Crippen molar-refractivity contribution in [3.05, 3.63) is 105 Å². The number of imide groups is 1. The molecule has 0 N–H and O–H groups in total. The second-order valence-corrected chi connectivity index (χ2v) is 9.84. The summed E-state index contributed by atoms with van der Waals surface area (Å²) in [5.41, 5.74) is 2.45. The van der Waals surface area contributed by atoms with Gasteiger partial charge in [-0.1, -0.05) is 59.3 Å². The summed E-state index contributed by atoms with van der Waals surface area (Å²) in [5, 5.41) is 26.7. The number of non-ortho nitro benzene ring substituents is 1. The molecule has 12 nitrogen and oxygen atoms in total. The van der Waals surface area contributed by atoms with Crippen molar-refractivity contribution in [1.29, 1.82) is 0 Å². The molecule has 1 fully saturated rings. The van der Waals surface area contributed by atoms with E-state index in [1.807, 2.05) is 30.3 Å². The summed E-state index contributed by atoms with van der Waals surface area (Å²) in [6, 6.07) is 18.9. The van der Waals surface area contributed by atoms with Gasteiger partial charge in [-0.05, 0) is 35.4 Å². The first-order valence-corrected chi connectivity index (χ1v) is 12.7. The Morgan fingerprint density at radius 2 is 1.68 bits per heavy atom. The second kappa shape index (κ2) is 9.97. The largest absolute Gasteiger partial charge is 0.271 e. The molecule has 0 saturated carbocycles. The third-order valence-corrected chi connectivity index (χ3v) is 7.25. The zero-order chi connectivity index (χ0) is 28.0. The number of rotatable bonds is 6. The summed E-state index contributed by atoms with van der Waals surface area (Å²) in [6.45, 7) is -0.354. The van der Waals surface area contributed by atoms with Crippen LogP contribution in [0.15, 0.2) is 94.3 Å². The predicted octanol–water partition coefficient (Wildman–Crippen LogP) is 3.92. The van der Waals surface area contributed by atoms with E-state index >= 15 is 0 Å². The van der Waals surface area contributed by atoms with Crippen LogP contribution in [0.4, 0.5) is 11.4 Å². The maximum Gasteiger partial charge on any atom is 0.269 e. The Kier molecular flexibility index (Phi) is 6.31. The molecule has 6 rings (SSSR count). The molecule has 0 aliphatic carbocycles. The summed E-state index contributed by atoms with van der Waals surface area (Å²) >= 11 is 5.94. The topological polar surface area (TPSA) is 141 Å². The molecular weight excluding hydrogens is 538 g/mol. The fraction of sp³-hybridized carbons (Fsp3) is 0.185. The molecule has 1 saturated heterocycles. The van der Waals surface area contributed by atoms with Gasteiger partial charge < -0.3 is 0 Å². The fourth-order valence-electron chi connectivity index (χ4n) is 5.03. The molecule has 3 aromatic rings. The minimum atomic E-state index is -1.07. The van der Waals surface area contributed by atoms with Crippen LogP contribution in [0.5, 0.6) is 0 Å². The number of nitro groups is 1. The van der Waals surface area contributed by atoms with Crippen LogP contribution in [0, 0.1) is 10.1 Å². The lowest BCUT2D eigenvalue weighted by Crippen LogP contribution is -2.44. The van der Waals surface area contributed by atoms with Crippen molar-refractivity contribution in [1.82, 2.24) is 10.0 Å². The number of nitrogens with zero attached hydrogens (tertiary/aromatic N) is 7. The number of carbonyl (C=O) groups excluding carboxylic acids is 3. The average Bonchev–Trinajstić information content (AvgIpc) is 3.65. The molecule has 0 bridgehead atoms. The Labute approximate surface area is 232 Å². The molecular formula is C27H20ClN7O5. The molecule has 3 heterocycles. The maximum absolute atomic E-state index is 13.6. The summed E-state index contributed by atoms with van der Waals surface area (Å²) < 4.78 is 0. The molecule has 3 aliphatic rings. The van der Waals surface area contributed by atoms with Crippen LogP contribution in [0.1, 0.15) is 23.6 Å². The Bertz CT molecular complexity index is 1580. The molecule has 0 unspecified atom stereocenters. The highest BCUT2D eigenvalue weighted by molar-refractivity contribution is 6.31. The minimum Gasteiger partial charge on any atom is -0.271 e. The average molecular weight is 558 g/mol. The predicted molar refractivity (Wildman–Crippen MR) is 143 cm³/mol. The summed E-state index contributed by atoms with van der Waals surface area (Å²) in [7, 11) is 0. The van der Waals surface area contributed by atoms with Crippen molar-refractivity contribution < 1.29 is 19.3 Å². The van der Waals surface area contributed by atoms with Crippen LogP contribution in [-0.4, -0.2) is 57.0 Å². The number of fused-ring (bicyclic) bond motifs is 1. The number of hydrazone groups is 1. The van der Waals surface area contributed by atoms with Crippen LogP contribution in [-0.2, 0) is 14.4 Å². The molecule has 0 radical (unpaired) electrons. The first kappa shape index (κ1) is 25.3. The van der Waals surface area contributed by atoms with Crippen molar-refractivity contribution in [3.8, 4) is 0 Å². The maximum atomic E-state index is 13.6. The lowest BCUT2D eigenvalue weighted by Gasteiger charge is -2.25. The van der Waals surface area contributed by atoms with Crippen LogP contribution in [0.2, 0.25) is 5.02 Å². The van der Waals surface area contributed by atoms with Crippen molar-refractivity contribution in [3.63, 3.8) is 0 Å². The van der Waals surface area contributed by atoms with Crippen LogP contribution in [0.3, 0.4) is 0 Å². The highest BCUT2D eigenvalue weighted by Gasteiger charge is 2.55. The summed E-state index contributed by atoms with van der Waals surface area (Å²) in [4.78, 5) is 51.6. The van der Waals surface area contributed by atoms with Gasteiger partial charge >= 0.3 is 0 Å². The zero-order valence-corrected chi connectivity index (χ0v) is 21.5. The van der Waals surface area contributed by atoms with Crippen LogP contribution in [0.25, 0.3) is 0 Å². The van der Waals surface area contributed by atoms with E-state index in [2.05, 4.69) is 15.4 Å². The molecule has 13 heteroatoms. The molecule has 3 amide bonds. The van der Waals surface area contributed by atoms with E-state index in [9.17, 15) is 24.5 Å². The number of benzene rings is 3. The first-order chi connectivity index (χ1) is 19.3. The van der Waals surface area contributed by atoms with E-state index in [1.54, 1.807) is 36.4 Å². The van der Waals surface area contributed by atoms with Crippen molar-refractivity contribution in [2.24, 2.45) is 15.4 Å². The molecule has 3 aliphatic heterocycles. The van der Waals surface area contributed by atoms with E-state index in [-0.39, 0.29) is 12.2 Å². The van der Waals surface area contributed by atoms with Gasteiger partial charge in [0, 0.05) is 23.6 Å². The number of amides is 3. The normalized spacial score (nSPS) is 21.7. The standard InChI is InChI=1S/C27H20ClN7O5/c28-18-8-12-19(13-9-18)33-26(37)24-25(27(33)38)32(31-29-24)15-23(36)34-22(17-6-10-20(11-7-17)35(39)40)14-21(30-34)16-4-2-1-3-5-16/h1-13,22,24-25H,14-15H2/t22-,24-,25+/m1/s1. The SMILES string of the molecule is O=C1[C@@H]2[C@@H](N=NN2CC(=O)N2N=C(c3ccccc3)C[C@@H]2c2ccc([N+](=O)[O-])cc2)C(=O)N1c1ccc(Cl)cc1. The molecule has 40 heavy (non-hydrogen) atoms. The second-order valence-electron chi connectivity index (χ2n) is 9.40. The van der Waals surface area contributed by atoms with E-state index in [1.165, 1.54) is 22.2 Å². The smallest absolute Gasteiger partial charge is 0.269 e. The lowest BCUT2D eigenvalue weighted by atomic mass is 9.98. The third-order valence-electron chi connectivity index (χ3n) is 7.00. The van der Waals surface area contributed by atoms with Crippen molar-refractivity contribution >= 4 is 46.4 Å². The van der Waals surface area contributed by atoms with E-state index in [0.29, 0.717) is 28.4 Å². The van der Waals surface area contributed by atoms with Crippen molar-refractivity contribution in [2.45, 2.75) is 24.5 Å². The number of nitro benzene ring substituents is 1. The Morgan fingerprint density at radius 3 is 2.35 bits per heavy atom.